The number of amides is 2. The molecule has 2 amide bonds. The molecule has 178 valence electrons. The Balaban J connectivity index is 1.51. The number of halogens is 1. The molecule has 0 radical (unpaired) electrons. The molecule has 13 heteroatoms. The van der Waals surface area contributed by atoms with E-state index in [9.17, 15) is 9.59 Å². The van der Waals surface area contributed by atoms with Gasteiger partial charge in [-0.2, -0.15) is 20.4 Å². The van der Waals surface area contributed by atoms with Gasteiger partial charge < -0.3 is 10.6 Å². The van der Waals surface area contributed by atoms with E-state index in [1.54, 1.807) is 39.6 Å². The molecule has 12 nitrogen and oxygen atoms in total. The Labute approximate surface area is 204 Å². The molecule has 0 saturated carbocycles. The fourth-order valence-corrected chi connectivity index (χ4v) is 3.74. The van der Waals surface area contributed by atoms with Gasteiger partial charge >= 0.3 is 0 Å². The molecular weight excluding hydrogens is 504 g/mol. The highest BCUT2D eigenvalue weighted by atomic mass is 79.9. The number of aryl methyl sites for hydroxylation is 3. The topological polar surface area (TPSA) is 129 Å². The summed E-state index contributed by atoms with van der Waals surface area (Å²) in [6.07, 6.45) is 4.73. The monoisotopic (exact) mass is 528 g/mol. The van der Waals surface area contributed by atoms with Crippen LogP contribution >= 0.6 is 15.9 Å². The Bertz CT molecular complexity index is 1380. The molecular formula is C21H25BrN10O2. The summed E-state index contributed by atoms with van der Waals surface area (Å²) >= 11 is 3.51. The van der Waals surface area contributed by atoms with Crippen molar-refractivity contribution in [2.45, 2.75) is 40.9 Å². The highest BCUT2D eigenvalue weighted by Gasteiger charge is 2.22. The number of anilines is 2. The minimum absolute atomic E-state index is 0.208. The quantitative estimate of drug-likeness (QED) is 0.379. The average Bonchev–Trinajstić information content (AvgIpc) is 3.56. The Kier molecular flexibility index (Phi) is 6.37. The number of hydrogen-bond donors (Lipinski definition) is 2. The van der Waals surface area contributed by atoms with E-state index in [1.165, 1.54) is 10.9 Å². The van der Waals surface area contributed by atoms with E-state index in [2.05, 4.69) is 47.0 Å². The summed E-state index contributed by atoms with van der Waals surface area (Å²) in [7, 11) is 1.79. The number of nitrogens with zero attached hydrogens (tertiary/aromatic N) is 8. The molecule has 0 fully saturated rings. The van der Waals surface area contributed by atoms with Crippen molar-refractivity contribution in [3.63, 3.8) is 0 Å². The summed E-state index contributed by atoms with van der Waals surface area (Å²) < 4.78 is 7.54. The van der Waals surface area contributed by atoms with Gasteiger partial charge in [0.15, 0.2) is 5.69 Å². The molecule has 0 aliphatic carbocycles. The van der Waals surface area contributed by atoms with E-state index in [0.29, 0.717) is 24.6 Å². The zero-order valence-electron chi connectivity index (χ0n) is 19.5. The van der Waals surface area contributed by atoms with Crippen molar-refractivity contribution in [2.75, 3.05) is 10.6 Å². The van der Waals surface area contributed by atoms with Crippen molar-refractivity contribution < 1.29 is 9.59 Å². The number of rotatable bonds is 7. The van der Waals surface area contributed by atoms with Gasteiger partial charge in [-0.3, -0.25) is 23.6 Å². The largest absolute Gasteiger partial charge is 0.318 e. The second-order valence-corrected chi connectivity index (χ2v) is 8.56. The van der Waals surface area contributed by atoms with Crippen LogP contribution in [0.3, 0.4) is 0 Å². The van der Waals surface area contributed by atoms with E-state index in [-0.39, 0.29) is 11.4 Å². The number of nitrogens with one attached hydrogen (secondary N) is 2. The molecule has 0 aromatic carbocycles. The molecule has 4 rings (SSSR count). The lowest BCUT2D eigenvalue weighted by atomic mass is 10.3. The first-order chi connectivity index (χ1) is 16.2. The number of hydrogen-bond acceptors (Lipinski definition) is 6. The summed E-state index contributed by atoms with van der Waals surface area (Å²) in [6.45, 7) is 8.39. The molecule has 0 bridgehead atoms. The van der Waals surface area contributed by atoms with Gasteiger partial charge in [-0.25, -0.2) is 4.68 Å². The van der Waals surface area contributed by atoms with E-state index in [1.807, 2.05) is 27.7 Å². The number of aromatic nitrogens is 8. The lowest BCUT2D eigenvalue weighted by molar-refractivity contribution is 0.101. The first-order valence-electron chi connectivity index (χ1n) is 10.6. The standard InChI is InChI=1S/C21H25BrN10O2/c1-6-31-19(21(34)25-16-9-23-29(5)13(16)3)17(10-24-31)26-20(33)15-7-8-30(28-15)11-32-14(4)18(22)12(2)27-32/h7-10H,6,11H2,1-5H3,(H,25,34)(H,26,33). The molecule has 4 aromatic heterocycles. The fraction of sp³-hybridized carbons (Fsp3) is 0.333. The van der Waals surface area contributed by atoms with Gasteiger partial charge in [0.1, 0.15) is 12.4 Å². The summed E-state index contributed by atoms with van der Waals surface area (Å²) in [6, 6.07) is 1.61. The molecule has 0 atom stereocenters. The maximum Gasteiger partial charge on any atom is 0.276 e. The first-order valence-corrected chi connectivity index (χ1v) is 11.4. The van der Waals surface area contributed by atoms with Gasteiger partial charge in [-0.15, -0.1) is 0 Å². The van der Waals surface area contributed by atoms with Crippen LogP contribution in [-0.4, -0.2) is 50.9 Å². The molecule has 0 unspecified atom stereocenters. The maximum atomic E-state index is 13.0. The van der Waals surface area contributed by atoms with E-state index in [0.717, 1.165) is 21.6 Å². The van der Waals surface area contributed by atoms with Crippen LogP contribution < -0.4 is 10.6 Å². The summed E-state index contributed by atoms with van der Waals surface area (Å²) in [5.41, 5.74) is 3.98. The van der Waals surface area contributed by atoms with Crippen LogP contribution in [0.1, 0.15) is 45.0 Å². The second-order valence-electron chi connectivity index (χ2n) is 7.76. The van der Waals surface area contributed by atoms with Crippen molar-refractivity contribution in [2.24, 2.45) is 7.05 Å². The first kappa shape index (κ1) is 23.4. The molecule has 2 N–H and O–H groups in total. The van der Waals surface area contributed by atoms with Crippen molar-refractivity contribution in [1.82, 2.24) is 39.1 Å². The third-order valence-electron chi connectivity index (χ3n) is 5.53. The lowest BCUT2D eigenvalue weighted by Crippen LogP contribution is -2.21. The Morgan fingerprint density at radius 3 is 2.29 bits per heavy atom. The maximum absolute atomic E-state index is 13.0. The fourth-order valence-electron chi connectivity index (χ4n) is 3.46. The van der Waals surface area contributed by atoms with Crippen molar-refractivity contribution in [1.29, 1.82) is 0 Å². The average molecular weight is 529 g/mol. The van der Waals surface area contributed by atoms with Crippen LogP contribution in [0.4, 0.5) is 11.4 Å². The Morgan fingerprint density at radius 2 is 1.68 bits per heavy atom. The van der Waals surface area contributed by atoms with Gasteiger partial charge in [-0.1, -0.05) is 0 Å². The van der Waals surface area contributed by atoms with E-state index < -0.39 is 11.8 Å². The van der Waals surface area contributed by atoms with Crippen LogP contribution in [0.5, 0.6) is 0 Å². The SMILES string of the molecule is CCn1ncc(NC(=O)c2ccn(Cn3nc(C)c(Br)c3C)n2)c1C(=O)Nc1cnn(C)c1C. The molecule has 0 aliphatic rings. The summed E-state index contributed by atoms with van der Waals surface area (Å²) in [4.78, 5) is 25.9. The zero-order chi connectivity index (χ0) is 24.6. The van der Waals surface area contributed by atoms with Crippen molar-refractivity contribution in [3.05, 3.63) is 57.6 Å². The Morgan fingerprint density at radius 1 is 0.971 bits per heavy atom. The van der Waals surface area contributed by atoms with E-state index in [4.69, 9.17) is 0 Å². The van der Waals surface area contributed by atoms with Gasteiger partial charge in [-0.05, 0) is 49.7 Å². The second kappa shape index (κ2) is 9.25. The van der Waals surface area contributed by atoms with Crippen LogP contribution in [0, 0.1) is 20.8 Å². The number of carbonyl (C=O) groups excluding carboxylic acids is 2. The number of carbonyl (C=O) groups is 2. The molecule has 0 spiro atoms. The van der Waals surface area contributed by atoms with Gasteiger partial charge in [0.2, 0.25) is 0 Å². The van der Waals surface area contributed by atoms with Gasteiger partial charge in [0, 0.05) is 19.8 Å². The molecule has 0 saturated heterocycles. The van der Waals surface area contributed by atoms with Crippen LogP contribution in [0.2, 0.25) is 0 Å². The predicted molar refractivity (Wildman–Crippen MR) is 129 cm³/mol. The van der Waals surface area contributed by atoms with Crippen LogP contribution in [0.25, 0.3) is 0 Å². The van der Waals surface area contributed by atoms with E-state index >= 15 is 0 Å². The normalized spacial score (nSPS) is 11.1. The third-order valence-corrected chi connectivity index (χ3v) is 6.68. The summed E-state index contributed by atoms with van der Waals surface area (Å²) in [5.74, 6) is -0.845. The predicted octanol–water partition coefficient (Wildman–Crippen LogP) is 2.73. The molecule has 4 heterocycles. The molecule has 4 aromatic rings. The smallest absolute Gasteiger partial charge is 0.276 e. The highest BCUT2D eigenvalue weighted by molar-refractivity contribution is 9.10. The zero-order valence-corrected chi connectivity index (χ0v) is 21.1. The van der Waals surface area contributed by atoms with Crippen LogP contribution in [0.15, 0.2) is 29.1 Å². The molecule has 0 aliphatic heterocycles. The minimum atomic E-state index is -0.449. The Hall–Kier alpha value is -3.74. The molecule has 34 heavy (non-hydrogen) atoms. The summed E-state index contributed by atoms with van der Waals surface area (Å²) in [5, 5.41) is 22.8. The third kappa shape index (κ3) is 4.38. The van der Waals surface area contributed by atoms with Crippen molar-refractivity contribution in [3.8, 4) is 0 Å². The highest BCUT2D eigenvalue weighted by Crippen LogP contribution is 2.21. The van der Waals surface area contributed by atoms with Crippen molar-refractivity contribution >= 4 is 39.1 Å². The lowest BCUT2D eigenvalue weighted by Gasteiger charge is -2.09. The van der Waals surface area contributed by atoms with Crippen LogP contribution in [-0.2, 0) is 20.3 Å². The van der Waals surface area contributed by atoms with Gasteiger partial charge in [0.05, 0.1) is 45.3 Å². The minimum Gasteiger partial charge on any atom is -0.318 e. The van der Waals surface area contributed by atoms with Gasteiger partial charge in [0.25, 0.3) is 11.8 Å².